The molecule has 0 aromatic carbocycles. The second-order valence-corrected chi connectivity index (χ2v) is 8.01. The van der Waals surface area contributed by atoms with Gasteiger partial charge < -0.3 is 14.5 Å². The molecule has 6 nitrogen and oxygen atoms in total. The Morgan fingerprint density at radius 2 is 2.16 bits per heavy atom. The summed E-state index contributed by atoms with van der Waals surface area (Å²) in [5, 5.41) is 12.5. The number of oxazole rings is 1. The summed E-state index contributed by atoms with van der Waals surface area (Å²) in [4.78, 5) is 6.68. The number of aromatic nitrogens is 1. The van der Waals surface area contributed by atoms with Gasteiger partial charge in [-0.05, 0) is 17.4 Å². The van der Waals surface area contributed by atoms with Gasteiger partial charge >= 0.3 is 0 Å². The highest BCUT2D eigenvalue weighted by molar-refractivity contribution is 6.55. The van der Waals surface area contributed by atoms with Gasteiger partial charge in [-0.25, -0.2) is 4.98 Å². The van der Waals surface area contributed by atoms with E-state index >= 15 is 0 Å². The van der Waals surface area contributed by atoms with E-state index in [4.69, 9.17) is 32.4 Å². The maximum absolute atomic E-state index is 9.33. The first-order chi connectivity index (χ1) is 11.9. The maximum atomic E-state index is 9.33. The number of allylic oxidation sites excluding steroid dienone is 1. The number of anilines is 1. The van der Waals surface area contributed by atoms with Gasteiger partial charge in [-0.3, -0.25) is 4.90 Å². The molecule has 2 atom stereocenters. The molecular weight excluding hydrogens is 363 g/mol. The molecule has 0 spiro atoms. The average Bonchev–Trinajstić information content (AvgIpc) is 2.92. The predicted octanol–water partition coefficient (Wildman–Crippen LogP) is 3.35. The molecule has 3 rings (SSSR count). The molecule has 1 aromatic heterocycles. The zero-order valence-electron chi connectivity index (χ0n) is 14.4. The highest BCUT2D eigenvalue weighted by Gasteiger charge is 2.60. The van der Waals surface area contributed by atoms with Crippen LogP contribution < -0.4 is 5.32 Å². The van der Waals surface area contributed by atoms with E-state index in [1.54, 1.807) is 0 Å². The normalized spacial score (nSPS) is 25.2. The molecule has 8 heteroatoms. The Labute approximate surface area is 157 Å². The number of rotatable bonds is 6. The zero-order chi connectivity index (χ0) is 18.0. The van der Waals surface area contributed by atoms with Crippen molar-refractivity contribution in [1.82, 2.24) is 9.88 Å². The largest absolute Gasteiger partial charge is 0.423 e. The molecule has 2 aliphatic rings. The molecule has 2 heterocycles. The number of ether oxygens (including phenoxy) is 1. The number of hydrogen-bond donors (Lipinski definition) is 1. The van der Waals surface area contributed by atoms with Crippen LogP contribution in [-0.2, 0) is 4.74 Å². The molecule has 2 fully saturated rings. The highest BCUT2D eigenvalue weighted by atomic mass is 35.5. The van der Waals surface area contributed by atoms with Gasteiger partial charge in [0.2, 0.25) is 17.5 Å². The third-order valence-corrected chi connectivity index (χ3v) is 5.30. The molecule has 1 saturated heterocycles. The lowest BCUT2D eigenvalue weighted by Crippen LogP contribution is -2.39. The minimum Gasteiger partial charge on any atom is -0.423 e. The van der Waals surface area contributed by atoms with E-state index in [-0.39, 0.29) is 21.7 Å². The Balaban J connectivity index is 1.64. The fourth-order valence-electron chi connectivity index (χ4n) is 3.41. The quantitative estimate of drug-likeness (QED) is 0.810. The van der Waals surface area contributed by atoms with E-state index in [2.05, 4.69) is 35.1 Å². The molecule has 1 N–H and O–H groups in total. The van der Waals surface area contributed by atoms with Crippen molar-refractivity contribution in [3.63, 3.8) is 0 Å². The summed E-state index contributed by atoms with van der Waals surface area (Å²) in [7, 11) is 0. The topological polar surface area (TPSA) is 74.3 Å². The maximum Gasteiger partial charge on any atom is 0.232 e. The van der Waals surface area contributed by atoms with Gasteiger partial charge in [0, 0.05) is 32.1 Å². The van der Waals surface area contributed by atoms with Crippen LogP contribution in [0.5, 0.6) is 0 Å². The SMILES string of the molecule is CC1(C)[C@H](C=C(Cl)Cl)[C@H]1c1nc(C#N)c(NCCN2CCOCC2)o1. The van der Waals surface area contributed by atoms with E-state index in [1.807, 2.05) is 6.08 Å². The lowest BCUT2D eigenvalue weighted by atomic mass is 10.1. The van der Waals surface area contributed by atoms with E-state index in [9.17, 15) is 5.26 Å². The summed E-state index contributed by atoms with van der Waals surface area (Å²) in [5.41, 5.74) is 0.247. The minimum atomic E-state index is -0.0440. The molecule has 1 aromatic rings. The molecular formula is C17H22Cl2N4O2. The standard InChI is InChI=1S/C17H22Cl2N4O2/c1-17(2)11(9-13(18)19)14(17)16-22-12(10-20)15(25-16)21-3-4-23-5-7-24-8-6-23/h9,11,14,21H,3-8H2,1-2H3/t11-,14+/m1/s1. The third kappa shape index (κ3) is 4.12. The first-order valence-electron chi connectivity index (χ1n) is 8.41. The number of halogens is 2. The van der Waals surface area contributed by atoms with Crippen LogP contribution in [0, 0.1) is 22.7 Å². The van der Waals surface area contributed by atoms with Crippen LogP contribution in [0.2, 0.25) is 0 Å². The number of nitrogens with one attached hydrogen (secondary N) is 1. The molecule has 0 radical (unpaired) electrons. The summed E-state index contributed by atoms with van der Waals surface area (Å²) >= 11 is 11.6. The lowest BCUT2D eigenvalue weighted by molar-refractivity contribution is 0.0398. The van der Waals surface area contributed by atoms with Crippen LogP contribution >= 0.6 is 23.2 Å². The Bertz CT molecular complexity index is 685. The fraction of sp³-hybridized carbons (Fsp3) is 0.647. The van der Waals surface area contributed by atoms with Gasteiger partial charge in [-0.2, -0.15) is 5.26 Å². The van der Waals surface area contributed by atoms with Crippen LogP contribution in [-0.4, -0.2) is 49.3 Å². The van der Waals surface area contributed by atoms with Crippen molar-refractivity contribution in [3.05, 3.63) is 22.2 Å². The zero-order valence-corrected chi connectivity index (χ0v) is 15.9. The Morgan fingerprint density at radius 1 is 1.44 bits per heavy atom. The van der Waals surface area contributed by atoms with Gasteiger partial charge in [0.15, 0.2) is 0 Å². The van der Waals surface area contributed by atoms with E-state index < -0.39 is 0 Å². The summed E-state index contributed by atoms with van der Waals surface area (Å²) in [6, 6.07) is 2.10. The van der Waals surface area contributed by atoms with Gasteiger partial charge in [-0.1, -0.05) is 37.0 Å². The van der Waals surface area contributed by atoms with Crippen LogP contribution in [0.3, 0.4) is 0 Å². The number of morpholine rings is 1. The molecule has 25 heavy (non-hydrogen) atoms. The summed E-state index contributed by atoms with van der Waals surface area (Å²) < 4.78 is 11.4. The predicted molar refractivity (Wildman–Crippen MR) is 96.8 cm³/mol. The third-order valence-electron chi connectivity index (χ3n) is 5.05. The van der Waals surface area contributed by atoms with Crippen molar-refractivity contribution in [2.75, 3.05) is 44.7 Å². The minimum absolute atomic E-state index is 0.0440. The van der Waals surface area contributed by atoms with E-state index in [0.717, 1.165) is 32.8 Å². The number of hydrogen-bond acceptors (Lipinski definition) is 6. The van der Waals surface area contributed by atoms with E-state index in [1.165, 1.54) is 0 Å². The smallest absolute Gasteiger partial charge is 0.232 e. The molecule has 136 valence electrons. The van der Waals surface area contributed by atoms with Crippen molar-refractivity contribution in [2.24, 2.45) is 11.3 Å². The first kappa shape index (κ1) is 18.5. The van der Waals surface area contributed by atoms with Crippen LogP contribution in [0.25, 0.3) is 0 Å². The number of nitrogens with zero attached hydrogens (tertiary/aromatic N) is 3. The van der Waals surface area contributed by atoms with E-state index in [0.29, 0.717) is 24.0 Å². The van der Waals surface area contributed by atoms with Crippen LogP contribution in [0.15, 0.2) is 15.0 Å². The van der Waals surface area contributed by atoms with Gasteiger partial charge in [0.25, 0.3) is 0 Å². The van der Waals surface area contributed by atoms with Crippen LogP contribution in [0.4, 0.5) is 5.88 Å². The Kier molecular flexibility index (Phi) is 5.59. The Morgan fingerprint density at radius 3 is 2.80 bits per heavy atom. The molecule has 0 amide bonds. The lowest BCUT2D eigenvalue weighted by Gasteiger charge is -2.26. The molecule has 0 unspecified atom stereocenters. The fourth-order valence-corrected chi connectivity index (χ4v) is 3.69. The van der Waals surface area contributed by atoms with Gasteiger partial charge in [0.1, 0.15) is 10.6 Å². The van der Waals surface area contributed by atoms with Crippen LogP contribution in [0.1, 0.15) is 31.4 Å². The Hall–Kier alpha value is -1.26. The second-order valence-electron chi connectivity index (χ2n) is 7.00. The monoisotopic (exact) mass is 384 g/mol. The molecule has 1 aliphatic heterocycles. The van der Waals surface area contributed by atoms with Crippen molar-refractivity contribution >= 4 is 29.1 Å². The van der Waals surface area contributed by atoms with Crippen molar-refractivity contribution in [2.45, 2.75) is 19.8 Å². The number of nitriles is 1. The van der Waals surface area contributed by atoms with Gasteiger partial charge in [-0.15, -0.1) is 0 Å². The molecule has 1 aliphatic carbocycles. The highest BCUT2D eigenvalue weighted by Crippen LogP contribution is 2.65. The van der Waals surface area contributed by atoms with Crippen molar-refractivity contribution in [3.8, 4) is 6.07 Å². The van der Waals surface area contributed by atoms with Crippen molar-refractivity contribution in [1.29, 1.82) is 5.26 Å². The summed E-state index contributed by atoms with van der Waals surface area (Å²) in [6.07, 6.45) is 1.82. The van der Waals surface area contributed by atoms with Crippen molar-refractivity contribution < 1.29 is 9.15 Å². The molecule has 1 saturated carbocycles. The second kappa shape index (κ2) is 7.55. The average molecular weight is 385 g/mol. The summed E-state index contributed by atoms with van der Waals surface area (Å²) in [6.45, 7) is 9.17. The summed E-state index contributed by atoms with van der Waals surface area (Å²) in [5.74, 6) is 1.23. The first-order valence-corrected chi connectivity index (χ1v) is 9.16. The molecule has 0 bridgehead atoms. The van der Waals surface area contributed by atoms with Gasteiger partial charge in [0.05, 0.1) is 13.2 Å².